The maximum absolute atomic E-state index is 12.6. The summed E-state index contributed by atoms with van der Waals surface area (Å²) < 4.78 is 30.1. The van der Waals surface area contributed by atoms with E-state index in [0.29, 0.717) is 11.3 Å². The first-order valence-corrected chi connectivity index (χ1v) is 12.4. The third-order valence-corrected chi connectivity index (χ3v) is 8.08. The Bertz CT molecular complexity index is 1280. The lowest BCUT2D eigenvalue weighted by Crippen LogP contribution is -2.39. The molecule has 0 atom stereocenters. The maximum atomic E-state index is 12.6. The summed E-state index contributed by atoms with van der Waals surface area (Å²) >= 11 is 0. The van der Waals surface area contributed by atoms with Gasteiger partial charge in [-0.15, -0.1) is 0 Å². The Morgan fingerprint density at radius 3 is 2.48 bits per heavy atom. The second-order valence-corrected chi connectivity index (χ2v) is 10.2. The second-order valence-electron chi connectivity index (χ2n) is 8.49. The molecule has 7 nitrogen and oxygen atoms in total. The van der Waals surface area contributed by atoms with Gasteiger partial charge in [-0.05, 0) is 62.3 Å². The van der Waals surface area contributed by atoms with Gasteiger partial charge in [-0.2, -0.15) is 5.26 Å². The molecule has 160 valence electrons. The molecule has 2 saturated carbocycles. The van der Waals surface area contributed by atoms with E-state index < -0.39 is 10.0 Å². The molecule has 1 N–H and O–H groups in total. The number of nitriles is 1. The molecule has 2 aliphatic rings. The summed E-state index contributed by atoms with van der Waals surface area (Å²) in [5.41, 5.74) is 3.78. The Morgan fingerprint density at radius 2 is 1.94 bits per heavy atom. The number of pyridine rings is 2. The monoisotopic (exact) mass is 435 g/mol. The topological polar surface area (TPSA) is 101 Å². The van der Waals surface area contributed by atoms with Gasteiger partial charge in [-0.25, -0.2) is 18.1 Å². The van der Waals surface area contributed by atoms with Crippen molar-refractivity contribution in [1.82, 2.24) is 19.3 Å². The highest BCUT2D eigenvalue weighted by molar-refractivity contribution is 7.89. The Kier molecular flexibility index (Phi) is 5.03. The summed E-state index contributed by atoms with van der Waals surface area (Å²) in [4.78, 5) is 9.34. The van der Waals surface area contributed by atoms with Crippen molar-refractivity contribution in [3.05, 3.63) is 41.7 Å². The number of aryl methyl sites for hydroxylation is 1. The Hall–Kier alpha value is -2.76. The van der Waals surface area contributed by atoms with Crippen LogP contribution in [0.15, 0.2) is 35.5 Å². The third-order valence-electron chi connectivity index (χ3n) is 6.57. The summed E-state index contributed by atoms with van der Waals surface area (Å²) in [6.45, 7) is 2.07. The van der Waals surface area contributed by atoms with Gasteiger partial charge in [0, 0.05) is 29.9 Å². The van der Waals surface area contributed by atoms with Crippen LogP contribution in [0.5, 0.6) is 0 Å². The molecule has 0 saturated heterocycles. The van der Waals surface area contributed by atoms with Gasteiger partial charge in [0.1, 0.15) is 16.6 Å². The molecule has 0 spiro atoms. The summed E-state index contributed by atoms with van der Waals surface area (Å²) in [6.07, 6.45) is 10.2. The van der Waals surface area contributed by atoms with Crippen LogP contribution in [-0.2, 0) is 16.4 Å². The SMILES string of the molecule is CCc1cnc2c(c1)c(C#N)c(-c1ccc(S(=O)(=O)NC3CCC3)cn1)n2C1CCC1. The van der Waals surface area contributed by atoms with E-state index in [1.807, 2.05) is 12.3 Å². The van der Waals surface area contributed by atoms with Gasteiger partial charge in [0.25, 0.3) is 0 Å². The molecule has 8 heteroatoms. The smallest absolute Gasteiger partial charge is 0.242 e. The first-order valence-electron chi connectivity index (χ1n) is 10.9. The molecule has 0 amide bonds. The standard InChI is InChI=1S/C23H25N5O2S/c1-2-15-11-19-20(12-24)22(28(17-7-4-8-17)23(19)26-13-15)21-10-9-18(14-25-21)31(29,30)27-16-5-3-6-16/h9-11,13-14,16-17,27H,2-8H2,1H3. The summed E-state index contributed by atoms with van der Waals surface area (Å²) in [5, 5.41) is 10.9. The zero-order valence-corrected chi connectivity index (χ0v) is 18.3. The van der Waals surface area contributed by atoms with Crippen LogP contribution in [0, 0.1) is 11.3 Å². The molecule has 0 unspecified atom stereocenters. The van der Waals surface area contributed by atoms with Crippen LogP contribution in [0.3, 0.4) is 0 Å². The fraction of sp³-hybridized carbons (Fsp3) is 0.435. The zero-order valence-electron chi connectivity index (χ0n) is 17.5. The van der Waals surface area contributed by atoms with Crippen LogP contribution in [0.25, 0.3) is 22.4 Å². The van der Waals surface area contributed by atoms with Crippen molar-refractivity contribution < 1.29 is 8.42 Å². The van der Waals surface area contributed by atoms with Crippen molar-refractivity contribution in [3.8, 4) is 17.5 Å². The number of rotatable bonds is 6. The van der Waals surface area contributed by atoms with Crippen molar-refractivity contribution in [2.75, 3.05) is 0 Å². The number of nitrogens with one attached hydrogen (secondary N) is 1. The van der Waals surface area contributed by atoms with Crippen molar-refractivity contribution in [1.29, 1.82) is 5.26 Å². The van der Waals surface area contributed by atoms with Gasteiger partial charge < -0.3 is 4.57 Å². The van der Waals surface area contributed by atoms with Crippen LogP contribution in [0.1, 0.15) is 62.6 Å². The van der Waals surface area contributed by atoms with Crippen LogP contribution < -0.4 is 4.72 Å². The molecular formula is C23H25N5O2S. The number of sulfonamides is 1. The maximum Gasteiger partial charge on any atom is 0.242 e. The number of nitrogens with zero attached hydrogens (tertiary/aromatic N) is 4. The van der Waals surface area contributed by atoms with E-state index >= 15 is 0 Å². The highest BCUT2D eigenvalue weighted by Gasteiger charge is 2.30. The molecule has 3 heterocycles. The molecule has 5 rings (SSSR count). The molecular weight excluding hydrogens is 410 g/mol. The highest BCUT2D eigenvalue weighted by Crippen LogP contribution is 2.41. The van der Waals surface area contributed by atoms with Gasteiger partial charge in [0.15, 0.2) is 0 Å². The van der Waals surface area contributed by atoms with Crippen molar-refractivity contribution in [2.24, 2.45) is 0 Å². The van der Waals surface area contributed by atoms with Crippen molar-refractivity contribution in [3.63, 3.8) is 0 Å². The molecule has 2 aliphatic carbocycles. The predicted octanol–water partition coefficient (Wildman–Crippen LogP) is 4.09. The predicted molar refractivity (Wildman–Crippen MR) is 118 cm³/mol. The Labute approximate surface area is 182 Å². The van der Waals surface area contributed by atoms with Gasteiger partial charge in [0.2, 0.25) is 10.0 Å². The van der Waals surface area contributed by atoms with Crippen LogP contribution in [-0.4, -0.2) is 29.0 Å². The molecule has 0 aromatic carbocycles. The fourth-order valence-electron chi connectivity index (χ4n) is 4.28. The average Bonchev–Trinajstić information content (AvgIpc) is 3.03. The van der Waals surface area contributed by atoms with Gasteiger partial charge in [-0.1, -0.05) is 13.3 Å². The van der Waals surface area contributed by atoms with Crippen molar-refractivity contribution in [2.45, 2.75) is 68.8 Å². The molecule has 0 radical (unpaired) electrons. The molecule has 2 fully saturated rings. The molecule has 3 aromatic rings. The number of fused-ring (bicyclic) bond motifs is 1. The average molecular weight is 436 g/mol. The van der Waals surface area contributed by atoms with E-state index in [4.69, 9.17) is 4.98 Å². The van der Waals surface area contributed by atoms with E-state index in [2.05, 4.69) is 27.3 Å². The van der Waals surface area contributed by atoms with Gasteiger partial charge in [-0.3, -0.25) is 4.98 Å². The molecule has 0 bridgehead atoms. The lowest BCUT2D eigenvalue weighted by molar-refractivity contribution is 0.322. The second kappa shape index (κ2) is 7.74. The zero-order chi connectivity index (χ0) is 21.6. The van der Waals surface area contributed by atoms with Crippen molar-refractivity contribution >= 4 is 21.1 Å². The lowest BCUT2D eigenvalue weighted by Gasteiger charge is -2.29. The molecule has 0 aliphatic heterocycles. The first kappa shape index (κ1) is 20.2. The van der Waals surface area contributed by atoms with Crippen LogP contribution in [0.2, 0.25) is 0 Å². The third kappa shape index (κ3) is 3.42. The Morgan fingerprint density at radius 1 is 1.16 bits per heavy atom. The first-order chi connectivity index (χ1) is 15.0. The minimum atomic E-state index is -3.59. The summed E-state index contributed by atoms with van der Waals surface area (Å²) in [7, 11) is -3.59. The molecule has 31 heavy (non-hydrogen) atoms. The quantitative estimate of drug-likeness (QED) is 0.628. The van der Waals surface area contributed by atoms with E-state index in [-0.39, 0.29) is 17.0 Å². The highest BCUT2D eigenvalue weighted by atomic mass is 32.2. The number of hydrogen-bond donors (Lipinski definition) is 1. The normalized spacial score (nSPS) is 17.3. The lowest BCUT2D eigenvalue weighted by atomic mass is 9.92. The molecule has 3 aromatic heterocycles. The minimum Gasteiger partial charge on any atom is -0.320 e. The largest absolute Gasteiger partial charge is 0.320 e. The van der Waals surface area contributed by atoms with Crippen LogP contribution >= 0.6 is 0 Å². The summed E-state index contributed by atoms with van der Waals surface area (Å²) in [6, 6.07) is 8.00. The van der Waals surface area contributed by atoms with E-state index in [1.54, 1.807) is 12.1 Å². The van der Waals surface area contributed by atoms with Crippen LogP contribution in [0.4, 0.5) is 0 Å². The van der Waals surface area contributed by atoms with E-state index in [9.17, 15) is 13.7 Å². The van der Waals surface area contributed by atoms with E-state index in [0.717, 1.165) is 67.2 Å². The summed E-state index contributed by atoms with van der Waals surface area (Å²) in [5.74, 6) is 0. The fourth-order valence-corrected chi connectivity index (χ4v) is 5.53. The van der Waals surface area contributed by atoms with Gasteiger partial charge >= 0.3 is 0 Å². The van der Waals surface area contributed by atoms with E-state index in [1.165, 1.54) is 6.20 Å². The number of aromatic nitrogens is 3. The Balaban J connectivity index is 1.61. The minimum absolute atomic E-state index is 0.0230. The van der Waals surface area contributed by atoms with Gasteiger partial charge in [0.05, 0.1) is 17.0 Å². The number of hydrogen-bond acceptors (Lipinski definition) is 5.